The normalized spacial score (nSPS) is 31.1. The average molecular weight is 333 g/mol. The number of benzene rings is 1. The van der Waals surface area contributed by atoms with Crippen LogP contribution in [0.3, 0.4) is 0 Å². The summed E-state index contributed by atoms with van der Waals surface area (Å²) >= 11 is 0. The number of carbonyl (C=O) groups is 1. The van der Waals surface area contributed by atoms with Gasteiger partial charge in [-0.15, -0.1) is 0 Å². The summed E-state index contributed by atoms with van der Waals surface area (Å²) in [6.45, 7) is 4.34. The fraction of sp³-hybridized carbons (Fsp3) is 0.632. The Morgan fingerprint density at radius 2 is 2.08 bits per heavy atom. The molecule has 0 spiro atoms. The van der Waals surface area contributed by atoms with E-state index in [0.717, 1.165) is 39.0 Å². The summed E-state index contributed by atoms with van der Waals surface area (Å²) in [5.74, 6) is -0.469. The molecule has 0 bridgehead atoms. The van der Waals surface area contributed by atoms with Crippen molar-refractivity contribution in [3.8, 4) is 0 Å². The van der Waals surface area contributed by atoms with Gasteiger partial charge >= 0.3 is 5.97 Å². The Hall–Kier alpha value is -1.43. The zero-order valence-corrected chi connectivity index (χ0v) is 14.5. The molecule has 3 rings (SSSR count). The van der Waals surface area contributed by atoms with Crippen molar-refractivity contribution in [1.29, 1.82) is 0 Å². The summed E-state index contributed by atoms with van der Waals surface area (Å²) in [5.41, 5.74) is 1.24. The van der Waals surface area contributed by atoms with Crippen LogP contribution in [-0.2, 0) is 25.5 Å². The highest BCUT2D eigenvalue weighted by Gasteiger charge is 2.46. The molecular formula is C19H27NO4. The maximum Gasteiger partial charge on any atom is 0.312 e. The predicted molar refractivity (Wildman–Crippen MR) is 90.3 cm³/mol. The highest BCUT2D eigenvalue weighted by atomic mass is 16.7. The van der Waals surface area contributed by atoms with Crippen LogP contribution in [0, 0.1) is 5.92 Å². The van der Waals surface area contributed by atoms with Crippen molar-refractivity contribution in [2.45, 2.75) is 51.2 Å². The van der Waals surface area contributed by atoms with Crippen LogP contribution < -0.4 is 0 Å². The second kappa shape index (κ2) is 8.10. The third-order valence-corrected chi connectivity index (χ3v) is 5.08. The van der Waals surface area contributed by atoms with Crippen molar-refractivity contribution in [1.82, 2.24) is 4.90 Å². The second-order valence-corrected chi connectivity index (χ2v) is 6.68. The predicted octanol–water partition coefficient (Wildman–Crippen LogP) is 2.59. The van der Waals surface area contributed by atoms with Crippen LogP contribution in [0.1, 0.15) is 31.7 Å². The number of methoxy groups -OCH3 is 1. The fourth-order valence-corrected chi connectivity index (χ4v) is 3.70. The van der Waals surface area contributed by atoms with E-state index in [0.29, 0.717) is 0 Å². The van der Waals surface area contributed by atoms with E-state index in [1.54, 1.807) is 0 Å². The van der Waals surface area contributed by atoms with Crippen molar-refractivity contribution in [3.63, 3.8) is 0 Å². The molecule has 0 aromatic heterocycles. The molecule has 24 heavy (non-hydrogen) atoms. The van der Waals surface area contributed by atoms with Gasteiger partial charge in [0.15, 0.2) is 6.29 Å². The van der Waals surface area contributed by atoms with E-state index < -0.39 is 0 Å². The lowest BCUT2D eigenvalue weighted by atomic mass is 9.99. The molecule has 0 aliphatic carbocycles. The number of ether oxygens (including phenoxy) is 3. The molecule has 0 N–H and O–H groups in total. The van der Waals surface area contributed by atoms with Gasteiger partial charge in [-0.3, -0.25) is 9.69 Å². The van der Waals surface area contributed by atoms with Gasteiger partial charge in [0.1, 0.15) is 0 Å². The molecule has 5 nitrogen and oxygen atoms in total. The highest BCUT2D eigenvalue weighted by Crippen LogP contribution is 2.31. The van der Waals surface area contributed by atoms with Crippen LogP contribution in [0.2, 0.25) is 0 Å². The maximum atomic E-state index is 12.3. The van der Waals surface area contributed by atoms with E-state index in [4.69, 9.17) is 14.2 Å². The molecule has 0 saturated carbocycles. The van der Waals surface area contributed by atoms with Gasteiger partial charge in [0, 0.05) is 25.7 Å². The van der Waals surface area contributed by atoms with Gasteiger partial charge < -0.3 is 14.2 Å². The molecule has 1 aromatic rings. The molecule has 2 fully saturated rings. The van der Waals surface area contributed by atoms with Crippen LogP contribution in [0.25, 0.3) is 0 Å². The topological polar surface area (TPSA) is 48.0 Å². The standard InChI is InChI=1S/C19H27NO4/c1-14-18(19(21)22-2)16(24-17-10-6-7-11-23-17)13-20(14)12-15-8-4-3-5-9-15/h3-5,8-9,14,16-18H,6-7,10-13H2,1-2H3. The van der Waals surface area contributed by atoms with E-state index >= 15 is 0 Å². The van der Waals surface area contributed by atoms with Crippen LogP contribution in [0.5, 0.6) is 0 Å². The summed E-state index contributed by atoms with van der Waals surface area (Å²) in [6.07, 6.45) is 2.72. The number of hydrogen-bond acceptors (Lipinski definition) is 5. The molecule has 0 radical (unpaired) electrons. The quantitative estimate of drug-likeness (QED) is 0.775. The number of carbonyl (C=O) groups excluding carboxylic acids is 1. The van der Waals surface area contributed by atoms with Gasteiger partial charge in [0.05, 0.1) is 19.1 Å². The van der Waals surface area contributed by atoms with Crippen molar-refractivity contribution in [3.05, 3.63) is 35.9 Å². The smallest absolute Gasteiger partial charge is 0.312 e. The summed E-state index contributed by atoms with van der Waals surface area (Å²) in [5, 5.41) is 0. The Kier molecular flexibility index (Phi) is 5.87. The SMILES string of the molecule is COC(=O)C1C(OC2CCCCO2)CN(Cc2ccccc2)C1C. The molecule has 2 heterocycles. The van der Waals surface area contributed by atoms with Gasteiger partial charge in [0.2, 0.25) is 0 Å². The first-order valence-electron chi connectivity index (χ1n) is 8.82. The summed E-state index contributed by atoms with van der Waals surface area (Å²) in [7, 11) is 1.45. The van der Waals surface area contributed by atoms with Crippen LogP contribution in [0.15, 0.2) is 30.3 Å². The largest absolute Gasteiger partial charge is 0.469 e. The second-order valence-electron chi connectivity index (χ2n) is 6.68. The lowest BCUT2D eigenvalue weighted by molar-refractivity contribution is -0.197. The molecule has 2 aliphatic heterocycles. The zero-order valence-electron chi connectivity index (χ0n) is 14.5. The summed E-state index contributed by atoms with van der Waals surface area (Å²) in [6, 6.07) is 10.4. The van der Waals surface area contributed by atoms with E-state index in [1.807, 2.05) is 18.2 Å². The minimum absolute atomic E-state index is 0.0752. The Bertz CT molecular complexity index is 529. The first kappa shape index (κ1) is 17.4. The Labute approximate surface area is 143 Å². The molecule has 132 valence electrons. The highest BCUT2D eigenvalue weighted by molar-refractivity contribution is 5.74. The van der Waals surface area contributed by atoms with E-state index in [9.17, 15) is 4.79 Å². The fourth-order valence-electron chi connectivity index (χ4n) is 3.70. The van der Waals surface area contributed by atoms with E-state index in [1.165, 1.54) is 12.7 Å². The molecule has 4 unspecified atom stereocenters. The average Bonchev–Trinajstić information content (AvgIpc) is 2.91. The minimum Gasteiger partial charge on any atom is -0.469 e. The molecule has 2 saturated heterocycles. The Morgan fingerprint density at radius 3 is 2.75 bits per heavy atom. The van der Waals surface area contributed by atoms with E-state index in [-0.39, 0.29) is 30.3 Å². The van der Waals surface area contributed by atoms with Crippen molar-refractivity contribution < 1.29 is 19.0 Å². The summed E-state index contributed by atoms with van der Waals surface area (Å²) < 4.78 is 16.9. The third-order valence-electron chi connectivity index (χ3n) is 5.08. The first-order chi connectivity index (χ1) is 11.7. The minimum atomic E-state index is -0.274. The summed E-state index contributed by atoms with van der Waals surface area (Å²) in [4.78, 5) is 14.6. The number of likely N-dealkylation sites (tertiary alicyclic amines) is 1. The number of esters is 1. The van der Waals surface area contributed by atoms with Crippen LogP contribution in [0.4, 0.5) is 0 Å². The van der Waals surface area contributed by atoms with Crippen molar-refractivity contribution >= 4 is 5.97 Å². The molecule has 2 aliphatic rings. The van der Waals surface area contributed by atoms with Gasteiger partial charge in [-0.25, -0.2) is 0 Å². The third kappa shape index (κ3) is 3.97. The number of nitrogens with zero attached hydrogens (tertiary/aromatic N) is 1. The van der Waals surface area contributed by atoms with Gasteiger partial charge in [-0.2, -0.15) is 0 Å². The Balaban J connectivity index is 1.69. The number of rotatable bonds is 5. The van der Waals surface area contributed by atoms with Gasteiger partial charge in [0.25, 0.3) is 0 Å². The van der Waals surface area contributed by atoms with E-state index in [2.05, 4.69) is 24.0 Å². The molecule has 4 atom stereocenters. The van der Waals surface area contributed by atoms with Crippen molar-refractivity contribution in [2.75, 3.05) is 20.3 Å². The maximum absolute atomic E-state index is 12.3. The lowest BCUT2D eigenvalue weighted by Crippen LogP contribution is -2.38. The van der Waals surface area contributed by atoms with Gasteiger partial charge in [-0.1, -0.05) is 30.3 Å². The zero-order chi connectivity index (χ0) is 16.9. The molecular weight excluding hydrogens is 306 g/mol. The Morgan fingerprint density at radius 1 is 1.29 bits per heavy atom. The molecule has 0 amide bonds. The first-order valence-corrected chi connectivity index (χ1v) is 8.82. The monoisotopic (exact) mass is 333 g/mol. The van der Waals surface area contributed by atoms with Crippen molar-refractivity contribution in [2.24, 2.45) is 5.92 Å². The molecule has 1 aromatic carbocycles. The van der Waals surface area contributed by atoms with Crippen LogP contribution in [-0.4, -0.2) is 49.6 Å². The molecule has 5 heteroatoms. The lowest BCUT2D eigenvalue weighted by Gasteiger charge is -2.28. The van der Waals surface area contributed by atoms with Crippen LogP contribution >= 0.6 is 0 Å². The van der Waals surface area contributed by atoms with Gasteiger partial charge in [-0.05, 0) is 31.7 Å². The number of hydrogen-bond donors (Lipinski definition) is 0.